The molecule has 1 aromatic heterocycles. The summed E-state index contributed by atoms with van der Waals surface area (Å²) in [6, 6.07) is 11.5. The molecule has 30 heavy (non-hydrogen) atoms. The quantitative estimate of drug-likeness (QED) is 0.375. The van der Waals surface area contributed by atoms with Gasteiger partial charge >= 0.3 is 182 Å². The summed E-state index contributed by atoms with van der Waals surface area (Å²) in [5, 5.41) is 17.0. The fourth-order valence-corrected chi connectivity index (χ4v) is 5.07. The molecule has 0 spiro atoms. The number of nitrogens with zero attached hydrogens (tertiary/aromatic N) is 4. The molecule has 0 aliphatic carbocycles. The fourth-order valence-electron chi connectivity index (χ4n) is 3.30. The molecule has 0 bridgehead atoms. The predicted octanol–water partition coefficient (Wildman–Crippen LogP) is 1.13. The Bertz CT molecular complexity index is 970. The number of allylic oxidation sites excluding steroid dienone is 1. The summed E-state index contributed by atoms with van der Waals surface area (Å²) in [7, 11) is 0. The summed E-state index contributed by atoms with van der Waals surface area (Å²) < 4.78 is 6.54. The van der Waals surface area contributed by atoms with Gasteiger partial charge in [0, 0.05) is 0 Å². The summed E-state index contributed by atoms with van der Waals surface area (Å²) in [4.78, 5) is 23.1. The SMILES string of the molecule is N#C/C(=C1/Nc2ccccc2O1)c1ccnc([As]CCCC(=O)N2CCNCC2)n1. The van der Waals surface area contributed by atoms with Crippen molar-refractivity contribution in [3.8, 4) is 11.8 Å². The van der Waals surface area contributed by atoms with Crippen molar-refractivity contribution in [3.63, 3.8) is 0 Å². The first kappa shape index (κ1) is 20.4. The van der Waals surface area contributed by atoms with Crippen molar-refractivity contribution in [2.45, 2.75) is 18.1 Å². The van der Waals surface area contributed by atoms with Gasteiger partial charge in [0.1, 0.15) is 0 Å². The van der Waals surface area contributed by atoms with E-state index in [1.54, 1.807) is 12.3 Å². The molecule has 3 heterocycles. The molecule has 0 saturated carbocycles. The van der Waals surface area contributed by atoms with Gasteiger partial charge in [0.2, 0.25) is 0 Å². The molecule has 0 atom stereocenters. The van der Waals surface area contributed by atoms with Crippen LogP contribution < -0.4 is 20.0 Å². The maximum atomic E-state index is 12.2. The van der Waals surface area contributed by atoms with Crippen LogP contribution in [0.1, 0.15) is 18.5 Å². The van der Waals surface area contributed by atoms with E-state index in [1.165, 1.54) is 0 Å². The van der Waals surface area contributed by atoms with Gasteiger partial charge in [0.25, 0.3) is 0 Å². The molecule has 0 unspecified atom stereocenters. The van der Waals surface area contributed by atoms with E-state index in [-0.39, 0.29) is 21.7 Å². The molecule has 153 valence electrons. The number of rotatable bonds is 6. The zero-order valence-corrected chi connectivity index (χ0v) is 18.3. The van der Waals surface area contributed by atoms with Crippen LogP contribution in [-0.2, 0) is 4.79 Å². The van der Waals surface area contributed by atoms with Gasteiger partial charge in [0.05, 0.1) is 0 Å². The maximum absolute atomic E-state index is 12.2. The molecule has 4 rings (SSSR count). The standard InChI is InChI=1S/C21H22AsN6O2/c23-14-15(20-26-17-4-1-2-5-18(17)30-20)16-7-9-25-21(27-16)22-8-3-6-19(29)28-12-10-24-11-13-28/h1-2,4-5,7,9,24,26H,3,6,8,10-13H2/b20-15+. The first-order valence-corrected chi connectivity index (χ1v) is 12.2. The predicted molar refractivity (Wildman–Crippen MR) is 114 cm³/mol. The minimum atomic E-state index is -0.270. The molecule has 2 aliphatic heterocycles. The number of carbonyl (C=O) groups is 1. The summed E-state index contributed by atoms with van der Waals surface area (Å²) >= 11 is -0.270. The number of hydrogen-bond acceptors (Lipinski definition) is 7. The van der Waals surface area contributed by atoms with Crippen LogP contribution >= 0.6 is 0 Å². The molecule has 2 N–H and O–H groups in total. The topological polar surface area (TPSA) is 103 Å². The third kappa shape index (κ3) is 4.81. The van der Waals surface area contributed by atoms with Crippen molar-refractivity contribution in [2.75, 3.05) is 31.5 Å². The third-order valence-corrected chi connectivity index (χ3v) is 7.03. The van der Waals surface area contributed by atoms with E-state index in [1.807, 2.05) is 29.2 Å². The number of ether oxygens (including phenoxy) is 1. The van der Waals surface area contributed by atoms with Gasteiger partial charge < -0.3 is 0 Å². The van der Waals surface area contributed by atoms with Crippen LogP contribution in [0.3, 0.4) is 0 Å². The number of fused-ring (bicyclic) bond motifs is 1. The van der Waals surface area contributed by atoms with E-state index in [4.69, 9.17) is 4.74 Å². The van der Waals surface area contributed by atoms with Crippen molar-refractivity contribution in [1.82, 2.24) is 20.2 Å². The Morgan fingerprint density at radius 2 is 2.10 bits per heavy atom. The summed E-state index contributed by atoms with van der Waals surface area (Å²) in [5.74, 6) is 1.31. The van der Waals surface area contributed by atoms with Crippen molar-refractivity contribution >= 4 is 37.5 Å². The number of aromatic nitrogens is 2. The van der Waals surface area contributed by atoms with E-state index in [9.17, 15) is 10.1 Å². The van der Waals surface area contributed by atoms with Gasteiger partial charge in [-0.2, -0.15) is 0 Å². The van der Waals surface area contributed by atoms with Crippen LogP contribution in [0.15, 0.2) is 42.4 Å². The van der Waals surface area contributed by atoms with Crippen molar-refractivity contribution < 1.29 is 9.53 Å². The summed E-state index contributed by atoms with van der Waals surface area (Å²) in [6.45, 7) is 3.34. The van der Waals surface area contributed by atoms with Gasteiger partial charge in [-0.1, -0.05) is 0 Å². The molecule has 2 aliphatic rings. The van der Waals surface area contributed by atoms with Crippen molar-refractivity contribution in [3.05, 3.63) is 48.1 Å². The molecule has 8 nitrogen and oxygen atoms in total. The number of nitriles is 1. The first-order chi connectivity index (χ1) is 14.7. The van der Waals surface area contributed by atoms with E-state index < -0.39 is 0 Å². The molecular formula is C21H22AsN6O2. The van der Waals surface area contributed by atoms with E-state index >= 15 is 0 Å². The number of carbonyl (C=O) groups excluding carboxylic acids is 1. The summed E-state index contributed by atoms with van der Waals surface area (Å²) in [6.07, 6.45) is 3.08. The van der Waals surface area contributed by atoms with Gasteiger partial charge in [-0.25, -0.2) is 0 Å². The van der Waals surface area contributed by atoms with Crippen molar-refractivity contribution in [2.24, 2.45) is 0 Å². The Morgan fingerprint density at radius 1 is 1.27 bits per heavy atom. The Balaban J connectivity index is 1.35. The van der Waals surface area contributed by atoms with Gasteiger partial charge in [0.15, 0.2) is 0 Å². The number of nitrogens with one attached hydrogen (secondary N) is 2. The monoisotopic (exact) mass is 465 g/mol. The Hall–Kier alpha value is -2.88. The molecule has 9 heteroatoms. The molecule has 1 fully saturated rings. The zero-order chi connectivity index (χ0) is 20.8. The van der Waals surface area contributed by atoms with Crippen LogP contribution in [0.25, 0.3) is 5.57 Å². The number of amides is 1. The van der Waals surface area contributed by atoms with Crippen LogP contribution in [0.2, 0.25) is 5.21 Å². The minimum absolute atomic E-state index is 0.230. The molecule has 1 amide bonds. The second-order valence-electron chi connectivity index (χ2n) is 6.90. The number of hydrogen-bond donors (Lipinski definition) is 2. The normalized spacial score (nSPS) is 17.2. The molecule has 1 aromatic carbocycles. The first-order valence-electron chi connectivity index (χ1n) is 9.92. The number of para-hydroxylation sites is 2. The second-order valence-corrected chi connectivity index (χ2v) is 9.34. The van der Waals surface area contributed by atoms with Crippen LogP contribution in [-0.4, -0.2) is 62.7 Å². The van der Waals surface area contributed by atoms with E-state index in [0.29, 0.717) is 29.3 Å². The molecule has 2 aromatic rings. The average Bonchev–Trinajstić information content (AvgIpc) is 3.22. The Kier molecular flexibility index (Phi) is 6.63. The molecule has 1 saturated heterocycles. The Morgan fingerprint density at radius 3 is 2.90 bits per heavy atom. The van der Waals surface area contributed by atoms with Crippen LogP contribution in [0.4, 0.5) is 5.69 Å². The van der Waals surface area contributed by atoms with Gasteiger partial charge in [-0.15, -0.1) is 0 Å². The third-order valence-electron chi connectivity index (χ3n) is 4.86. The Labute approximate surface area is 182 Å². The number of anilines is 1. The molecule has 1 radical (unpaired) electrons. The second kappa shape index (κ2) is 9.75. The van der Waals surface area contributed by atoms with Crippen LogP contribution in [0.5, 0.6) is 5.75 Å². The van der Waals surface area contributed by atoms with Crippen LogP contribution in [0, 0.1) is 11.3 Å². The number of benzene rings is 1. The van der Waals surface area contributed by atoms with Gasteiger partial charge in [-0.3, -0.25) is 0 Å². The van der Waals surface area contributed by atoms with E-state index in [2.05, 4.69) is 26.7 Å². The van der Waals surface area contributed by atoms with E-state index in [0.717, 1.165) is 48.1 Å². The van der Waals surface area contributed by atoms with Crippen molar-refractivity contribution in [1.29, 1.82) is 5.26 Å². The average molecular weight is 465 g/mol. The molecular weight excluding hydrogens is 443 g/mol. The summed E-state index contributed by atoms with van der Waals surface area (Å²) in [5.41, 5.74) is 1.73. The number of piperazine rings is 1. The zero-order valence-electron chi connectivity index (χ0n) is 16.5. The van der Waals surface area contributed by atoms with Gasteiger partial charge in [-0.05, 0) is 0 Å². The fraction of sp³-hybridized carbons (Fsp3) is 0.333.